The number of aliphatic carboxylic acids is 3. The summed E-state index contributed by atoms with van der Waals surface area (Å²) in [4.78, 5) is 30.3. The third kappa shape index (κ3) is 8.04. The van der Waals surface area contributed by atoms with Gasteiger partial charge in [0.25, 0.3) is 0 Å². The monoisotopic (exact) mass is 286 g/mol. The van der Waals surface area contributed by atoms with Crippen molar-refractivity contribution in [1.29, 1.82) is 0 Å². The van der Waals surface area contributed by atoms with Crippen molar-refractivity contribution in [3.63, 3.8) is 0 Å². The van der Waals surface area contributed by atoms with Gasteiger partial charge in [0, 0.05) is 17.6 Å². The van der Waals surface area contributed by atoms with Crippen LogP contribution in [0.2, 0.25) is 0 Å². The molecule has 0 aromatic heterocycles. The zero-order chi connectivity index (χ0) is 15.9. The molecular formula is C13H18O7. The van der Waals surface area contributed by atoms with Crippen LogP contribution in [0, 0.1) is 0 Å². The lowest BCUT2D eigenvalue weighted by Gasteiger charge is -2.00. The van der Waals surface area contributed by atoms with Gasteiger partial charge in [0.1, 0.15) is 0 Å². The summed E-state index contributed by atoms with van der Waals surface area (Å²) in [5.41, 5.74) is 1.06. The van der Waals surface area contributed by atoms with E-state index in [0.717, 1.165) is 5.57 Å². The molecule has 1 saturated heterocycles. The minimum absolute atomic E-state index is 0.163. The molecule has 3 N–H and O–H groups in total. The molecule has 1 aliphatic heterocycles. The lowest BCUT2D eigenvalue weighted by Crippen LogP contribution is -2.05. The van der Waals surface area contributed by atoms with Crippen molar-refractivity contribution in [2.24, 2.45) is 0 Å². The summed E-state index contributed by atoms with van der Waals surface area (Å²) < 4.78 is 4.94. The zero-order valence-electron chi connectivity index (χ0n) is 11.4. The number of carboxylic acid groups (broad SMARTS) is 3. The fourth-order valence-electron chi connectivity index (χ4n) is 1.18. The summed E-state index contributed by atoms with van der Waals surface area (Å²) in [5.74, 6) is -3.26. The second-order valence-electron chi connectivity index (χ2n) is 4.42. The summed E-state index contributed by atoms with van der Waals surface area (Å²) in [7, 11) is 0. The number of hydrogen-bond acceptors (Lipinski definition) is 4. The maximum Gasteiger partial charge on any atom is 0.331 e. The average Bonchev–Trinajstić information content (AvgIpc) is 3.08. The number of ether oxygens (including phenoxy) is 1. The summed E-state index contributed by atoms with van der Waals surface area (Å²) in [5, 5.41) is 24.8. The van der Waals surface area contributed by atoms with Gasteiger partial charge in [0.2, 0.25) is 0 Å². The Labute approximate surface area is 116 Å². The van der Waals surface area contributed by atoms with Gasteiger partial charge in [-0.1, -0.05) is 12.2 Å². The minimum atomic E-state index is -1.27. The van der Waals surface area contributed by atoms with Crippen molar-refractivity contribution in [3.05, 3.63) is 23.3 Å². The van der Waals surface area contributed by atoms with Gasteiger partial charge < -0.3 is 20.1 Å². The van der Waals surface area contributed by atoms with E-state index >= 15 is 0 Å². The van der Waals surface area contributed by atoms with Crippen molar-refractivity contribution in [1.82, 2.24) is 0 Å². The van der Waals surface area contributed by atoms with Crippen LogP contribution in [-0.2, 0) is 19.1 Å². The Balaban J connectivity index is 0.000000370. The van der Waals surface area contributed by atoms with E-state index in [9.17, 15) is 14.4 Å². The molecule has 1 fully saturated rings. The van der Waals surface area contributed by atoms with E-state index in [4.69, 9.17) is 20.1 Å². The standard InChI is InChI=1S/C8H12O3.C5H6O4/c1-5(2)7(8(9)10)3-6-4-11-6;1-3(5(8)9)2-4(6)7/h6H,3-4H2,1-2H3,(H,9,10);1-2H2,(H,6,7)(H,8,9). The molecule has 0 bridgehead atoms. The van der Waals surface area contributed by atoms with Gasteiger partial charge in [-0.3, -0.25) is 4.79 Å². The normalized spacial score (nSPS) is 15.4. The number of carboxylic acids is 3. The van der Waals surface area contributed by atoms with Crippen molar-refractivity contribution in [3.8, 4) is 0 Å². The topological polar surface area (TPSA) is 124 Å². The molecule has 0 aromatic carbocycles. The molecule has 1 rings (SSSR count). The highest BCUT2D eigenvalue weighted by molar-refractivity contribution is 5.91. The average molecular weight is 286 g/mol. The molecule has 0 aromatic rings. The first kappa shape index (κ1) is 17.8. The molecule has 7 heteroatoms. The van der Waals surface area contributed by atoms with Crippen molar-refractivity contribution < 1.29 is 34.4 Å². The van der Waals surface area contributed by atoms with E-state index in [1.807, 2.05) is 13.8 Å². The van der Waals surface area contributed by atoms with Crippen LogP contribution in [0.15, 0.2) is 23.3 Å². The van der Waals surface area contributed by atoms with Crippen LogP contribution in [0.25, 0.3) is 0 Å². The summed E-state index contributed by atoms with van der Waals surface area (Å²) in [6, 6.07) is 0. The van der Waals surface area contributed by atoms with Gasteiger partial charge in [0.05, 0.1) is 19.1 Å². The molecule has 0 radical (unpaired) electrons. The molecule has 0 saturated carbocycles. The Kier molecular flexibility index (Phi) is 7.24. The van der Waals surface area contributed by atoms with Crippen molar-refractivity contribution >= 4 is 17.9 Å². The van der Waals surface area contributed by atoms with Gasteiger partial charge >= 0.3 is 17.9 Å². The molecular weight excluding hydrogens is 268 g/mol. The molecule has 112 valence electrons. The highest BCUT2D eigenvalue weighted by Crippen LogP contribution is 2.21. The minimum Gasteiger partial charge on any atom is -0.481 e. The molecule has 1 unspecified atom stereocenters. The van der Waals surface area contributed by atoms with Crippen LogP contribution in [0.4, 0.5) is 0 Å². The van der Waals surface area contributed by atoms with Gasteiger partial charge in [-0.25, -0.2) is 9.59 Å². The van der Waals surface area contributed by atoms with Crippen molar-refractivity contribution in [2.75, 3.05) is 6.61 Å². The van der Waals surface area contributed by atoms with E-state index in [-0.39, 0.29) is 11.7 Å². The number of hydrogen-bond donors (Lipinski definition) is 3. The van der Waals surface area contributed by atoms with Gasteiger partial charge in [-0.15, -0.1) is 0 Å². The van der Waals surface area contributed by atoms with Crippen LogP contribution in [0.3, 0.4) is 0 Å². The Morgan fingerprint density at radius 3 is 1.85 bits per heavy atom. The van der Waals surface area contributed by atoms with Crippen LogP contribution >= 0.6 is 0 Å². The molecule has 20 heavy (non-hydrogen) atoms. The Hall–Kier alpha value is -2.15. The summed E-state index contributed by atoms with van der Waals surface area (Å²) in [6.07, 6.45) is 0.212. The Bertz CT molecular complexity index is 440. The molecule has 0 aliphatic carbocycles. The maximum absolute atomic E-state index is 10.6. The second kappa shape index (κ2) is 8.11. The summed E-state index contributed by atoms with van der Waals surface area (Å²) >= 11 is 0. The van der Waals surface area contributed by atoms with E-state index in [0.29, 0.717) is 18.6 Å². The first-order valence-corrected chi connectivity index (χ1v) is 5.79. The number of epoxide rings is 1. The predicted molar refractivity (Wildman–Crippen MR) is 69.4 cm³/mol. The second-order valence-corrected chi connectivity index (χ2v) is 4.42. The molecule has 1 atom stereocenters. The number of allylic oxidation sites excluding steroid dienone is 1. The summed E-state index contributed by atoms with van der Waals surface area (Å²) in [6.45, 7) is 7.35. The third-order valence-electron chi connectivity index (χ3n) is 2.36. The largest absolute Gasteiger partial charge is 0.481 e. The van der Waals surface area contributed by atoms with Gasteiger partial charge in [-0.05, 0) is 13.8 Å². The van der Waals surface area contributed by atoms with Gasteiger partial charge in [-0.2, -0.15) is 0 Å². The van der Waals surface area contributed by atoms with Gasteiger partial charge in [0.15, 0.2) is 0 Å². The van der Waals surface area contributed by atoms with Crippen LogP contribution in [0.1, 0.15) is 26.7 Å². The zero-order valence-corrected chi connectivity index (χ0v) is 11.4. The molecule has 0 amide bonds. The Morgan fingerprint density at radius 1 is 1.15 bits per heavy atom. The Morgan fingerprint density at radius 2 is 1.65 bits per heavy atom. The predicted octanol–water partition coefficient (Wildman–Crippen LogP) is 1.30. The highest BCUT2D eigenvalue weighted by Gasteiger charge is 2.26. The van der Waals surface area contributed by atoms with Crippen molar-refractivity contribution in [2.45, 2.75) is 32.8 Å². The fourth-order valence-corrected chi connectivity index (χ4v) is 1.18. The lowest BCUT2D eigenvalue weighted by molar-refractivity contribution is -0.139. The highest BCUT2D eigenvalue weighted by atomic mass is 16.6. The quantitative estimate of drug-likeness (QED) is 0.496. The molecule has 7 nitrogen and oxygen atoms in total. The van der Waals surface area contributed by atoms with Crippen LogP contribution in [-0.4, -0.2) is 45.9 Å². The molecule has 1 aliphatic rings. The molecule has 1 heterocycles. The maximum atomic E-state index is 10.6. The third-order valence-corrected chi connectivity index (χ3v) is 2.36. The molecule has 0 spiro atoms. The van der Waals surface area contributed by atoms with E-state index in [1.54, 1.807) is 0 Å². The van der Waals surface area contributed by atoms with Crippen LogP contribution < -0.4 is 0 Å². The smallest absolute Gasteiger partial charge is 0.331 e. The first-order valence-electron chi connectivity index (χ1n) is 5.79. The number of carbonyl (C=O) groups is 3. The first-order chi connectivity index (χ1) is 9.15. The number of rotatable bonds is 6. The SMILES string of the molecule is C=C(CC(=O)O)C(=O)O.CC(C)=C(CC1CO1)C(=O)O. The lowest BCUT2D eigenvalue weighted by atomic mass is 10.1. The van der Waals surface area contributed by atoms with E-state index in [2.05, 4.69) is 6.58 Å². The van der Waals surface area contributed by atoms with E-state index in [1.165, 1.54) is 0 Å². The van der Waals surface area contributed by atoms with Crippen LogP contribution in [0.5, 0.6) is 0 Å². The fraction of sp³-hybridized carbons (Fsp3) is 0.462. The van der Waals surface area contributed by atoms with E-state index < -0.39 is 24.3 Å².